The fourth-order valence-corrected chi connectivity index (χ4v) is 5.45. The maximum atomic E-state index is 11.4. The Hall–Kier alpha value is 0.0800. The molecule has 0 heterocycles. The van der Waals surface area contributed by atoms with Crippen molar-refractivity contribution in [3.8, 4) is 0 Å². The van der Waals surface area contributed by atoms with Crippen LogP contribution in [0.4, 0.5) is 0 Å². The van der Waals surface area contributed by atoms with E-state index in [2.05, 4.69) is 27.1 Å². The van der Waals surface area contributed by atoms with Gasteiger partial charge in [-0.2, -0.15) is 0 Å². The van der Waals surface area contributed by atoms with Gasteiger partial charge < -0.3 is 48.2 Å². The first-order valence-corrected chi connectivity index (χ1v) is 17.0. The highest BCUT2D eigenvalue weighted by Gasteiger charge is 2.58. The van der Waals surface area contributed by atoms with Crippen LogP contribution in [-0.4, -0.2) is 83.1 Å². The lowest BCUT2D eigenvalue weighted by molar-refractivity contribution is -0.107. The van der Waals surface area contributed by atoms with Crippen LogP contribution in [0.15, 0.2) is 11.5 Å². The summed E-state index contributed by atoms with van der Waals surface area (Å²) < 4.78 is 92.6. The van der Waals surface area contributed by atoms with Gasteiger partial charge in [-0.15, -0.1) is 0 Å². The predicted molar refractivity (Wildman–Crippen MR) is 101 cm³/mol. The fraction of sp³-hybridized carbons (Fsp3) is 0.667. The lowest BCUT2D eigenvalue weighted by Gasteiger charge is -2.42. The number of phosphoric acid groups is 6. The highest BCUT2D eigenvalue weighted by atomic mass is 31.2. The van der Waals surface area contributed by atoms with Crippen molar-refractivity contribution < 1.29 is 113 Å². The Morgan fingerprint density at radius 2 is 0.611 bits per heavy atom. The van der Waals surface area contributed by atoms with Crippen molar-refractivity contribution in [3.63, 3.8) is 0 Å². The molecule has 1 aliphatic carbocycles. The first-order chi connectivity index (χ1) is 15.6. The van der Waals surface area contributed by atoms with Crippen molar-refractivity contribution in [1.29, 1.82) is 0 Å². The molecule has 4 atom stereocenters. The third kappa shape index (κ3) is 12.8. The molecule has 0 fully saturated rings. The second-order valence-corrected chi connectivity index (χ2v) is 13.1. The Balaban J connectivity index is 4.21. The Labute approximate surface area is 196 Å². The van der Waals surface area contributed by atoms with Crippen LogP contribution in [-0.2, 0) is 54.5 Å². The molecule has 1 aliphatic rings. The SMILES string of the molecule is O=P(O)(O)OC1=C(OP(=O)(O)O)[C@H](OP(=O)(O)O)[C@@H](OP(=O)(O)O)[C@@H](OP(=O)(O)O)[C@@H]1OP(=O)(O)O. The Morgan fingerprint density at radius 3 is 0.778 bits per heavy atom. The number of hydrogen-bond acceptors (Lipinski definition) is 12. The van der Waals surface area contributed by atoms with Crippen LogP contribution >= 0.6 is 46.9 Å². The molecule has 0 saturated carbocycles. The molecule has 0 spiro atoms. The van der Waals surface area contributed by atoms with E-state index < -0.39 is 82.9 Å². The molecule has 214 valence electrons. The van der Waals surface area contributed by atoms with Crippen LogP contribution in [0, 0.1) is 0 Å². The van der Waals surface area contributed by atoms with Gasteiger partial charge in [-0.05, 0) is 0 Å². The van der Waals surface area contributed by atoms with Crippen molar-refractivity contribution in [3.05, 3.63) is 11.5 Å². The minimum absolute atomic E-state index is 2.09. The number of rotatable bonds is 12. The first-order valence-electron chi connectivity index (χ1n) is 7.77. The zero-order chi connectivity index (χ0) is 28.7. The van der Waals surface area contributed by atoms with E-state index in [-0.39, 0.29) is 0 Å². The molecule has 0 amide bonds. The summed E-state index contributed by atoms with van der Waals surface area (Å²) in [6.07, 6.45) is -12.9. The Bertz CT molecular complexity index is 1030. The van der Waals surface area contributed by atoms with Crippen LogP contribution in [0.25, 0.3) is 0 Å². The lowest BCUT2D eigenvalue weighted by atomic mass is 9.93. The van der Waals surface area contributed by atoms with Gasteiger partial charge in [0.05, 0.1) is 0 Å². The molecule has 0 aromatic rings. The molecule has 0 aliphatic heterocycles. The van der Waals surface area contributed by atoms with Crippen molar-refractivity contribution >= 4 is 46.9 Å². The first kappa shape index (κ1) is 34.1. The minimum atomic E-state index is -6.07. The van der Waals surface area contributed by atoms with Gasteiger partial charge in [0.2, 0.25) is 0 Å². The maximum Gasteiger partial charge on any atom is 0.524 e. The average Bonchev–Trinajstić information content (AvgIpc) is 2.51. The summed E-state index contributed by atoms with van der Waals surface area (Å²) >= 11 is 0. The molecule has 1 rings (SSSR count). The van der Waals surface area contributed by atoms with Gasteiger partial charge in [0.25, 0.3) is 0 Å². The third-order valence-corrected chi connectivity index (χ3v) is 6.04. The van der Waals surface area contributed by atoms with Crippen LogP contribution in [0.3, 0.4) is 0 Å². The monoisotopic (exact) mass is 658 g/mol. The van der Waals surface area contributed by atoms with Gasteiger partial charge in [0, 0.05) is 0 Å². The molecule has 0 aromatic heterocycles. The average molecular weight is 658 g/mol. The lowest BCUT2D eigenvalue weighted by Crippen LogP contribution is -2.54. The van der Waals surface area contributed by atoms with E-state index in [4.69, 9.17) is 58.7 Å². The molecule has 0 saturated heterocycles. The largest absolute Gasteiger partial charge is 0.524 e. The van der Waals surface area contributed by atoms with E-state index in [1.165, 1.54) is 0 Å². The molecule has 0 unspecified atom stereocenters. The second-order valence-electron chi connectivity index (χ2n) is 6.05. The molecule has 0 radical (unpaired) electrons. The van der Waals surface area contributed by atoms with Crippen molar-refractivity contribution in [1.82, 2.24) is 0 Å². The molecule has 12 N–H and O–H groups in total. The zero-order valence-corrected chi connectivity index (χ0v) is 21.6. The molecule has 30 heteroatoms. The van der Waals surface area contributed by atoms with Crippen molar-refractivity contribution in [2.75, 3.05) is 0 Å². The van der Waals surface area contributed by atoms with E-state index in [1.54, 1.807) is 0 Å². The van der Waals surface area contributed by atoms with E-state index in [1.807, 2.05) is 0 Å². The minimum Gasteiger partial charge on any atom is -0.402 e. The van der Waals surface area contributed by atoms with Crippen LogP contribution in [0.5, 0.6) is 0 Å². The summed E-state index contributed by atoms with van der Waals surface area (Å²) in [5, 5.41) is 0. The van der Waals surface area contributed by atoms with Crippen LogP contribution in [0.1, 0.15) is 0 Å². The quantitative estimate of drug-likeness (QED) is 0.0952. The van der Waals surface area contributed by atoms with Crippen molar-refractivity contribution in [2.45, 2.75) is 24.4 Å². The van der Waals surface area contributed by atoms with Gasteiger partial charge >= 0.3 is 46.9 Å². The molecular formula is C6H16O24P6. The summed E-state index contributed by atoms with van der Waals surface area (Å²) in [5.74, 6) is -4.17. The third-order valence-electron chi connectivity index (χ3n) is 3.13. The molecule has 0 aromatic carbocycles. The zero-order valence-electron chi connectivity index (χ0n) is 16.3. The highest BCUT2D eigenvalue weighted by molar-refractivity contribution is 7.47. The van der Waals surface area contributed by atoms with Crippen LogP contribution in [0.2, 0.25) is 0 Å². The van der Waals surface area contributed by atoms with Gasteiger partial charge in [-0.1, -0.05) is 0 Å². The summed E-state index contributed by atoms with van der Waals surface area (Å²) in [7, 11) is -36.3. The summed E-state index contributed by atoms with van der Waals surface area (Å²) in [6, 6.07) is 0. The van der Waals surface area contributed by atoms with E-state index in [0.29, 0.717) is 0 Å². The molecule has 36 heavy (non-hydrogen) atoms. The Morgan fingerprint density at radius 1 is 0.389 bits per heavy atom. The van der Waals surface area contributed by atoms with Crippen molar-refractivity contribution in [2.24, 2.45) is 0 Å². The van der Waals surface area contributed by atoms with E-state index in [0.717, 1.165) is 0 Å². The molecule has 24 nitrogen and oxygen atoms in total. The summed E-state index contributed by atoms with van der Waals surface area (Å²) in [6.45, 7) is 0. The normalized spacial score (nSPS) is 25.1. The highest BCUT2D eigenvalue weighted by Crippen LogP contribution is 2.58. The number of phosphoric ester groups is 6. The van der Waals surface area contributed by atoms with Crippen LogP contribution < -0.4 is 0 Å². The van der Waals surface area contributed by atoms with Gasteiger partial charge in [-0.25, -0.2) is 27.4 Å². The van der Waals surface area contributed by atoms with E-state index >= 15 is 0 Å². The standard InChI is InChI=1S/C6H16O24P6/c7-31(8,9)25-1-2(26-32(10,11)12)4(28-34(16,17)18)6(30-36(22,23)24)5(29-35(19,20)21)3(1)27-33(13,14)15/h1-4H,(H2,7,8,9)(H2,10,11,12)(H2,13,14,15)(H2,16,17,18)(H2,19,20,21)(H2,22,23,24)/t1-,2+,3+,4-. The topological polar surface area (TPSA) is 401 Å². The summed E-state index contributed by atoms with van der Waals surface area (Å²) in [4.78, 5) is 109. The predicted octanol–water partition coefficient (Wildman–Crippen LogP) is -2.66. The maximum absolute atomic E-state index is 11.4. The Kier molecular flexibility index (Phi) is 10.7. The fourth-order valence-electron chi connectivity index (χ4n) is 2.43. The second kappa shape index (κ2) is 11.3. The van der Waals surface area contributed by atoms with Gasteiger partial charge in [0.15, 0.2) is 23.7 Å². The van der Waals surface area contributed by atoms with E-state index in [9.17, 15) is 27.4 Å². The van der Waals surface area contributed by atoms with Gasteiger partial charge in [0.1, 0.15) is 12.2 Å². The number of hydrogen-bond donors (Lipinski definition) is 12. The molecular weight excluding hydrogens is 642 g/mol. The smallest absolute Gasteiger partial charge is 0.402 e. The summed E-state index contributed by atoms with van der Waals surface area (Å²) in [5.41, 5.74) is 0. The van der Waals surface area contributed by atoms with Gasteiger partial charge in [-0.3, -0.25) is 37.7 Å². The molecule has 0 bridgehead atoms.